The van der Waals surface area contributed by atoms with E-state index in [2.05, 4.69) is 44.4 Å². The number of aliphatic hydroxyl groups is 1. The fraction of sp³-hybridized carbons (Fsp3) is 0.348. The molecule has 9 heteroatoms. The molecule has 2 aromatic carbocycles. The topological polar surface area (TPSA) is 71.6 Å². The van der Waals surface area contributed by atoms with Crippen LogP contribution in [-0.4, -0.2) is 65.1 Å². The van der Waals surface area contributed by atoms with Gasteiger partial charge < -0.3 is 15.4 Å². The van der Waals surface area contributed by atoms with E-state index >= 15 is 0 Å². The van der Waals surface area contributed by atoms with Gasteiger partial charge in [0.05, 0.1) is 12.2 Å². The number of carbonyl (C=O) groups excluding carboxylic acids is 1. The van der Waals surface area contributed by atoms with Crippen molar-refractivity contribution in [3.63, 3.8) is 0 Å². The van der Waals surface area contributed by atoms with Crippen molar-refractivity contribution >= 4 is 53.2 Å². The Morgan fingerprint density at radius 2 is 1.75 bits per heavy atom. The predicted molar refractivity (Wildman–Crippen MR) is 133 cm³/mol. The average molecular weight is 498 g/mol. The second-order valence-electron chi connectivity index (χ2n) is 8.08. The van der Waals surface area contributed by atoms with E-state index in [1.165, 1.54) is 5.56 Å². The first-order valence-electron chi connectivity index (χ1n) is 10.4. The van der Waals surface area contributed by atoms with Crippen molar-refractivity contribution in [3.05, 3.63) is 58.1 Å². The molecular weight excluding hydrogens is 471 g/mol. The van der Waals surface area contributed by atoms with Crippen molar-refractivity contribution in [1.82, 2.24) is 20.1 Å². The molecule has 2 aliphatic rings. The van der Waals surface area contributed by atoms with Crippen molar-refractivity contribution < 1.29 is 9.90 Å². The Hall–Kier alpha value is -1.80. The zero-order valence-electron chi connectivity index (χ0n) is 17.6. The Morgan fingerprint density at radius 1 is 1.00 bits per heavy atom. The minimum absolute atomic E-state index is 0. The van der Waals surface area contributed by atoms with Gasteiger partial charge in [0.15, 0.2) is 0 Å². The van der Waals surface area contributed by atoms with Crippen LogP contribution in [0, 0.1) is 0 Å². The number of aromatic amines is 1. The van der Waals surface area contributed by atoms with E-state index in [0.29, 0.717) is 17.1 Å². The average Bonchev–Trinajstić information content (AvgIpc) is 3.34. The van der Waals surface area contributed by atoms with E-state index in [1.807, 2.05) is 12.1 Å². The van der Waals surface area contributed by atoms with Crippen molar-refractivity contribution in [1.29, 1.82) is 0 Å². The van der Waals surface area contributed by atoms with E-state index in [-0.39, 0.29) is 37.3 Å². The molecule has 1 fully saturated rings. The number of aliphatic hydroxyl groups excluding tert-OH is 1. The first-order valence-corrected chi connectivity index (χ1v) is 10.8. The lowest BCUT2D eigenvalue weighted by Crippen LogP contribution is -2.46. The van der Waals surface area contributed by atoms with Gasteiger partial charge in [0.2, 0.25) is 0 Å². The Bertz CT molecular complexity index is 1110. The Labute approximate surface area is 204 Å². The number of rotatable bonds is 5. The number of aromatic nitrogens is 1. The summed E-state index contributed by atoms with van der Waals surface area (Å²) >= 11 is 6.29. The molecule has 0 spiro atoms. The second-order valence-corrected chi connectivity index (χ2v) is 8.48. The monoisotopic (exact) mass is 496 g/mol. The van der Waals surface area contributed by atoms with Crippen LogP contribution in [0.4, 0.5) is 0 Å². The van der Waals surface area contributed by atoms with Crippen LogP contribution in [0.15, 0.2) is 36.4 Å². The summed E-state index contributed by atoms with van der Waals surface area (Å²) in [5, 5.41) is 13.7. The van der Waals surface area contributed by atoms with Gasteiger partial charge in [0, 0.05) is 78.6 Å². The molecule has 3 N–H and O–H groups in total. The molecule has 6 nitrogen and oxygen atoms in total. The van der Waals surface area contributed by atoms with Crippen LogP contribution in [0.3, 0.4) is 0 Å². The van der Waals surface area contributed by atoms with Crippen molar-refractivity contribution in [2.75, 3.05) is 39.3 Å². The minimum atomic E-state index is -0.0674. The lowest BCUT2D eigenvalue weighted by Gasteiger charge is -2.34. The molecule has 1 aromatic heterocycles. The number of carbonyl (C=O) groups is 1. The van der Waals surface area contributed by atoms with Gasteiger partial charge in [0.25, 0.3) is 5.91 Å². The number of H-pyrrole nitrogens is 1. The smallest absolute Gasteiger partial charge is 0.252 e. The van der Waals surface area contributed by atoms with Crippen LogP contribution in [0.1, 0.15) is 21.5 Å². The van der Waals surface area contributed by atoms with Gasteiger partial charge in [-0.15, -0.1) is 24.8 Å². The molecule has 0 saturated carbocycles. The summed E-state index contributed by atoms with van der Waals surface area (Å²) in [7, 11) is 0. The number of nitrogens with zero attached hydrogens (tertiary/aromatic N) is 2. The van der Waals surface area contributed by atoms with E-state index in [9.17, 15) is 4.79 Å². The summed E-state index contributed by atoms with van der Waals surface area (Å²) < 4.78 is 0. The fourth-order valence-electron chi connectivity index (χ4n) is 4.53. The normalized spacial score (nSPS) is 16.4. The molecule has 0 radical (unpaired) electrons. The van der Waals surface area contributed by atoms with Crippen LogP contribution in [0.25, 0.3) is 22.2 Å². The Morgan fingerprint density at radius 3 is 2.50 bits per heavy atom. The molecule has 3 aromatic rings. The van der Waals surface area contributed by atoms with E-state index in [1.54, 1.807) is 0 Å². The van der Waals surface area contributed by atoms with Gasteiger partial charge in [-0.25, -0.2) is 0 Å². The third-order valence-electron chi connectivity index (χ3n) is 6.17. The highest BCUT2D eigenvalue weighted by atomic mass is 35.5. The highest BCUT2D eigenvalue weighted by molar-refractivity contribution is 6.32. The molecule has 1 amide bonds. The number of halogens is 3. The minimum Gasteiger partial charge on any atom is -0.395 e. The van der Waals surface area contributed by atoms with Gasteiger partial charge in [-0.05, 0) is 29.8 Å². The van der Waals surface area contributed by atoms with E-state index < -0.39 is 0 Å². The molecule has 32 heavy (non-hydrogen) atoms. The summed E-state index contributed by atoms with van der Waals surface area (Å²) in [5.74, 6) is -0.0674. The molecule has 0 aliphatic carbocycles. The third kappa shape index (κ3) is 4.76. The van der Waals surface area contributed by atoms with Crippen LogP contribution in [0.5, 0.6) is 0 Å². The van der Waals surface area contributed by atoms with Crippen molar-refractivity contribution in [2.45, 2.75) is 13.1 Å². The van der Waals surface area contributed by atoms with Crippen LogP contribution < -0.4 is 5.32 Å². The quantitative estimate of drug-likeness (QED) is 0.503. The molecule has 2 aliphatic heterocycles. The molecule has 0 unspecified atom stereocenters. The summed E-state index contributed by atoms with van der Waals surface area (Å²) in [6.45, 7) is 6.43. The van der Waals surface area contributed by atoms with Crippen LogP contribution >= 0.6 is 36.4 Å². The number of β-amino-alcohol motifs (C(OH)–C–C–N with tert-alkyl or cyclic N) is 1. The van der Waals surface area contributed by atoms with Crippen LogP contribution in [-0.2, 0) is 13.1 Å². The number of nitrogens with one attached hydrogen (secondary N) is 2. The maximum Gasteiger partial charge on any atom is 0.252 e. The first kappa shape index (κ1) is 24.8. The standard InChI is InChI=1S/C23H25ClN4O2.2ClH/c24-19-3-2-17(22-18(19)13-25-23(22)30)21-12-16-11-15(1-4-20(16)26-21)14-28-7-5-27(6-8-28)9-10-29;;/h1-4,11-12,26,29H,5-10,13-14H2,(H,25,30);2*1H. The molecule has 5 rings (SSSR count). The van der Waals surface area contributed by atoms with Gasteiger partial charge in [0.1, 0.15) is 0 Å². The second kappa shape index (κ2) is 10.4. The Balaban J connectivity index is 0.00000144. The zero-order valence-corrected chi connectivity index (χ0v) is 20.0. The lowest BCUT2D eigenvalue weighted by atomic mass is 10.0. The summed E-state index contributed by atoms with van der Waals surface area (Å²) in [6, 6.07) is 12.4. The Kier molecular flexibility index (Phi) is 8.09. The van der Waals surface area contributed by atoms with Gasteiger partial charge >= 0.3 is 0 Å². The zero-order chi connectivity index (χ0) is 20.7. The number of amides is 1. The predicted octanol–water partition coefficient (Wildman–Crippen LogP) is 3.69. The SMILES string of the molecule is Cl.Cl.O=C1NCc2c(Cl)ccc(-c3cc4cc(CN5CCN(CCO)CC5)ccc4[nH]3)c21. The maximum atomic E-state index is 12.4. The fourth-order valence-corrected chi connectivity index (χ4v) is 4.76. The van der Waals surface area contributed by atoms with E-state index in [0.717, 1.165) is 67.0 Å². The van der Waals surface area contributed by atoms with Gasteiger partial charge in [-0.2, -0.15) is 0 Å². The van der Waals surface area contributed by atoms with E-state index in [4.69, 9.17) is 16.7 Å². The first-order chi connectivity index (χ1) is 14.6. The summed E-state index contributed by atoms with van der Waals surface area (Å²) in [4.78, 5) is 20.6. The number of fused-ring (bicyclic) bond motifs is 2. The molecule has 3 heterocycles. The maximum absolute atomic E-state index is 12.4. The van der Waals surface area contributed by atoms with Crippen molar-refractivity contribution in [3.8, 4) is 11.3 Å². The van der Waals surface area contributed by atoms with Crippen molar-refractivity contribution in [2.24, 2.45) is 0 Å². The number of piperazine rings is 1. The highest BCUT2D eigenvalue weighted by Gasteiger charge is 2.26. The number of benzene rings is 2. The number of hydrogen-bond acceptors (Lipinski definition) is 4. The highest BCUT2D eigenvalue weighted by Crippen LogP contribution is 2.34. The number of hydrogen-bond donors (Lipinski definition) is 3. The van der Waals surface area contributed by atoms with Gasteiger partial charge in [-0.3, -0.25) is 14.6 Å². The molecule has 0 atom stereocenters. The van der Waals surface area contributed by atoms with Gasteiger partial charge in [-0.1, -0.05) is 23.7 Å². The summed E-state index contributed by atoms with van der Waals surface area (Å²) in [5.41, 5.74) is 5.71. The molecule has 0 bridgehead atoms. The molecule has 172 valence electrons. The molecule has 1 saturated heterocycles. The molecular formula is C23H27Cl3N4O2. The summed E-state index contributed by atoms with van der Waals surface area (Å²) in [6.07, 6.45) is 0. The lowest BCUT2D eigenvalue weighted by molar-refractivity contribution is 0.0966. The van der Waals surface area contributed by atoms with Crippen LogP contribution in [0.2, 0.25) is 5.02 Å². The third-order valence-corrected chi connectivity index (χ3v) is 6.53. The largest absolute Gasteiger partial charge is 0.395 e.